The fourth-order valence-electron chi connectivity index (χ4n) is 3.74. The Labute approximate surface area is 164 Å². The highest BCUT2D eigenvalue weighted by molar-refractivity contribution is 5.85. The number of nitrogens with zero attached hydrogens (tertiary/aromatic N) is 5. The first-order valence-electron chi connectivity index (χ1n) is 9.82. The highest BCUT2D eigenvalue weighted by atomic mass is 16.2. The van der Waals surface area contributed by atoms with Crippen molar-refractivity contribution in [2.45, 2.75) is 25.3 Å². The number of likely N-dealkylation sites (N-methyl/N-ethyl adjacent to an activating group) is 1. The fourth-order valence-corrected chi connectivity index (χ4v) is 3.74. The molecule has 7 heteroatoms. The van der Waals surface area contributed by atoms with Crippen molar-refractivity contribution in [1.29, 1.82) is 0 Å². The second-order valence-electron chi connectivity index (χ2n) is 7.72. The summed E-state index contributed by atoms with van der Waals surface area (Å²) >= 11 is 0. The van der Waals surface area contributed by atoms with Crippen molar-refractivity contribution in [3.05, 3.63) is 54.2 Å². The minimum atomic E-state index is 0.160. The highest BCUT2D eigenvalue weighted by Crippen LogP contribution is 2.42. The van der Waals surface area contributed by atoms with Crippen LogP contribution < -0.4 is 10.2 Å². The highest BCUT2D eigenvalue weighted by Gasteiger charge is 2.28. The van der Waals surface area contributed by atoms with Crippen LogP contribution in [0.15, 0.2) is 43.0 Å². The third kappa shape index (κ3) is 3.28. The van der Waals surface area contributed by atoms with Crippen LogP contribution in [-0.2, 0) is 11.3 Å². The van der Waals surface area contributed by atoms with E-state index in [4.69, 9.17) is 4.98 Å². The van der Waals surface area contributed by atoms with Gasteiger partial charge in [0, 0.05) is 50.6 Å². The molecule has 0 atom stereocenters. The number of pyridine rings is 2. The molecule has 1 saturated heterocycles. The van der Waals surface area contributed by atoms with Crippen LogP contribution in [0.2, 0.25) is 0 Å². The summed E-state index contributed by atoms with van der Waals surface area (Å²) in [5.41, 5.74) is 5.34. The van der Waals surface area contributed by atoms with Gasteiger partial charge >= 0.3 is 0 Å². The van der Waals surface area contributed by atoms with Gasteiger partial charge in [-0.05, 0) is 42.5 Å². The van der Waals surface area contributed by atoms with Crippen molar-refractivity contribution in [3.8, 4) is 0 Å². The zero-order chi connectivity index (χ0) is 19.1. The van der Waals surface area contributed by atoms with Crippen molar-refractivity contribution >= 4 is 22.9 Å². The average molecular weight is 376 g/mol. The number of carbonyl (C=O) groups is 1. The third-order valence-corrected chi connectivity index (χ3v) is 5.60. The van der Waals surface area contributed by atoms with Crippen LogP contribution in [0.5, 0.6) is 0 Å². The number of piperazine rings is 1. The van der Waals surface area contributed by atoms with Gasteiger partial charge in [0.25, 0.3) is 0 Å². The van der Waals surface area contributed by atoms with Gasteiger partial charge in [0.1, 0.15) is 0 Å². The Hall–Kier alpha value is -3.09. The van der Waals surface area contributed by atoms with Gasteiger partial charge in [-0.1, -0.05) is 0 Å². The second-order valence-corrected chi connectivity index (χ2v) is 7.72. The molecule has 0 unspecified atom stereocenters. The summed E-state index contributed by atoms with van der Waals surface area (Å²) in [6.07, 6.45) is 10.3. The maximum atomic E-state index is 12.3. The van der Waals surface area contributed by atoms with E-state index in [2.05, 4.69) is 38.1 Å². The SMILES string of the molecule is CN1CCN(c2cc(C3CC3)cn3cc(CNc4ccncc4)nc23)CC1=O. The lowest BCUT2D eigenvalue weighted by Crippen LogP contribution is -2.48. The number of hydrogen-bond acceptors (Lipinski definition) is 5. The molecule has 2 aliphatic rings. The summed E-state index contributed by atoms with van der Waals surface area (Å²) in [5, 5.41) is 3.39. The molecule has 0 radical (unpaired) electrons. The summed E-state index contributed by atoms with van der Waals surface area (Å²) in [7, 11) is 1.87. The van der Waals surface area contributed by atoms with Gasteiger partial charge in [-0.2, -0.15) is 0 Å². The third-order valence-electron chi connectivity index (χ3n) is 5.60. The molecule has 1 aliphatic carbocycles. The lowest BCUT2D eigenvalue weighted by atomic mass is 10.1. The molecule has 4 heterocycles. The van der Waals surface area contributed by atoms with Crippen LogP contribution in [-0.4, -0.2) is 51.9 Å². The molecule has 2 fully saturated rings. The van der Waals surface area contributed by atoms with Crippen LogP contribution in [0, 0.1) is 0 Å². The Kier molecular flexibility index (Phi) is 4.15. The summed E-state index contributed by atoms with van der Waals surface area (Å²) < 4.78 is 2.13. The Morgan fingerprint density at radius 1 is 1.18 bits per heavy atom. The maximum Gasteiger partial charge on any atom is 0.241 e. The molecule has 0 bridgehead atoms. The number of nitrogens with one attached hydrogen (secondary N) is 1. The normalized spacial score (nSPS) is 17.4. The summed E-state index contributed by atoms with van der Waals surface area (Å²) in [5.74, 6) is 0.805. The molecule has 0 aromatic carbocycles. The van der Waals surface area contributed by atoms with E-state index in [-0.39, 0.29) is 5.91 Å². The molecule has 144 valence electrons. The van der Waals surface area contributed by atoms with Crippen LogP contribution in [0.25, 0.3) is 5.65 Å². The zero-order valence-electron chi connectivity index (χ0n) is 16.0. The van der Waals surface area contributed by atoms with E-state index >= 15 is 0 Å². The lowest BCUT2D eigenvalue weighted by molar-refractivity contribution is -0.129. The van der Waals surface area contributed by atoms with E-state index in [1.807, 2.05) is 19.2 Å². The standard InChI is InChI=1S/C21H24N6O/c1-25-8-9-26(14-20(25)28)19-10-16(15-2-3-15)12-27-13-18(24-21(19)27)11-23-17-4-6-22-7-5-17/h4-7,10,12-13,15H,2-3,8-9,11,14H2,1H3,(H,22,23). The average Bonchev–Trinajstić information content (AvgIpc) is 3.48. The molecular formula is C21H24N6O. The second kappa shape index (κ2) is 6.82. The monoisotopic (exact) mass is 376 g/mol. The molecule has 3 aromatic heterocycles. The Morgan fingerprint density at radius 2 is 2.00 bits per heavy atom. The Morgan fingerprint density at radius 3 is 2.75 bits per heavy atom. The van der Waals surface area contributed by atoms with Crippen LogP contribution >= 0.6 is 0 Å². The number of aromatic nitrogens is 3. The number of amides is 1. The van der Waals surface area contributed by atoms with Gasteiger partial charge in [-0.15, -0.1) is 0 Å². The predicted molar refractivity (Wildman–Crippen MR) is 109 cm³/mol. The topological polar surface area (TPSA) is 65.8 Å². The molecule has 0 spiro atoms. The van der Waals surface area contributed by atoms with E-state index in [9.17, 15) is 4.79 Å². The molecule has 7 nitrogen and oxygen atoms in total. The molecule has 1 N–H and O–H groups in total. The molecule has 1 aliphatic heterocycles. The molecule has 28 heavy (non-hydrogen) atoms. The lowest BCUT2D eigenvalue weighted by Gasteiger charge is -2.33. The first-order valence-corrected chi connectivity index (χ1v) is 9.82. The number of rotatable bonds is 5. The van der Waals surface area contributed by atoms with E-state index < -0.39 is 0 Å². The number of imidazole rings is 1. The first kappa shape index (κ1) is 17.0. The van der Waals surface area contributed by atoms with E-state index in [1.54, 1.807) is 17.3 Å². The molecule has 1 saturated carbocycles. The fraction of sp³-hybridized carbons (Fsp3) is 0.381. The van der Waals surface area contributed by atoms with Crippen molar-refractivity contribution < 1.29 is 4.79 Å². The smallest absolute Gasteiger partial charge is 0.241 e. The number of fused-ring (bicyclic) bond motifs is 1. The van der Waals surface area contributed by atoms with Crippen molar-refractivity contribution in [1.82, 2.24) is 19.3 Å². The van der Waals surface area contributed by atoms with Gasteiger partial charge in [0.15, 0.2) is 5.65 Å². The van der Waals surface area contributed by atoms with E-state index in [0.29, 0.717) is 19.0 Å². The molecular weight excluding hydrogens is 352 g/mol. The van der Waals surface area contributed by atoms with Crippen molar-refractivity contribution in [2.24, 2.45) is 0 Å². The minimum Gasteiger partial charge on any atom is -0.379 e. The largest absolute Gasteiger partial charge is 0.379 e. The van der Waals surface area contributed by atoms with Crippen LogP contribution in [0.3, 0.4) is 0 Å². The zero-order valence-corrected chi connectivity index (χ0v) is 16.0. The molecule has 3 aromatic rings. The number of anilines is 2. The predicted octanol–water partition coefficient (Wildman–Crippen LogP) is 2.50. The van der Waals surface area contributed by atoms with Crippen molar-refractivity contribution in [2.75, 3.05) is 36.9 Å². The van der Waals surface area contributed by atoms with E-state index in [1.165, 1.54) is 18.4 Å². The van der Waals surface area contributed by atoms with Gasteiger partial charge in [-0.3, -0.25) is 9.78 Å². The van der Waals surface area contributed by atoms with Gasteiger partial charge < -0.3 is 19.5 Å². The summed E-state index contributed by atoms with van der Waals surface area (Å²) in [6.45, 7) is 2.64. The summed E-state index contributed by atoms with van der Waals surface area (Å²) in [4.78, 5) is 25.2. The molecule has 5 rings (SSSR count). The van der Waals surface area contributed by atoms with Gasteiger partial charge in [0.2, 0.25) is 5.91 Å². The minimum absolute atomic E-state index is 0.160. The Bertz CT molecular complexity index is 1010. The quantitative estimate of drug-likeness (QED) is 0.741. The van der Waals surface area contributed by atoms with Crippen LogP contribution in [0.1, 0.15) is 30.0 Å². The first-order chi connectivity index (χ1) is 13.7. The van der Waals surface area contributed by atoms with Gasteiger partial charge in [0.05, 0.1) is 24.5 Å². The van der Waals surface area contributed by atoms with Gasteiger partial charge in [-0.25, -0.2) is 4.98 Å². The number of hydrogen-bond donors (Lipinski definition) is 1. The molecule has 1 amide bonds. The van der Waals surface area contributed by atoms with E-state index in [0.717, 1.165) is 35.8 Å². The Balaban J connectivity index is 1.47. The van der Waals surface area contributed by atoms with Crippen molar-refractivity contribution in [3.63, 3.8) is 0 Å². The number of carbonyl (C=O) groups excluding carboxylic acids is 1. The maximum absolute atomic E-state index is 12.3. The summed E-state index contributed by atoms with van der Waals surface area (Å²) in [6, 6.07) is 6.14. The van der Waals surface area contributed by atoms with Crippen LogP contribution in [0.4, 0.5) is 11.4 Å².